The number of carbonyl (C=O) groups excluding carboxylic acids is 2. The van der Waals surface area contributed by atoms with E-state index in [0.717, 1.165) is 11.3 Å². The van der Waals surface area contributed by atoms with Crippen LogP contribution < -0.4 is 10.9 Å². The first-order chi connectivity index (χ1) is 12.9. The Kier molecular flexibility index (Phi) is 5.31. The van der Waals surface area contributed by atoms with Crippen molar-refractivity contribution in [1.29, 1.82) is 0 Å². The van der Waals surface area contributed by atoms with E-state index in [4.69, 9.17) is 0 Å². The Morgan fingerprint density at radius 2 is 2.15 bits per heavy atom. The quantitative estimate of drug-likeness (QED) is 0.673. The van der Waals surface area contributed by atoms with Crippen LogP contribution in [0.3, 0.4) is 0 Å². The second kappa shape index (κ2) is 7.67. The Hall–Kier alpha value is -3.07. The number of amides is 1. The van der Waals surface area contributed by atoms with Crippen molar-refractivity contribution in [3.8, 4) is 0 Å². The van der Waals surface area contributed by atoms with Gasteiger partial charge in [0.2, 0.25) is 0 Å². The van der Waals surface area contributed by atoms with Gasteiger partial charge >= 0.3 is 5.97 Å². The molecule has 3 rings (SSSR count). The van der Waals surface area contributed by atoms with Crippen LogP contribution in [-0.4, -0.2) is 35.1 Å². The van der Waals surface area contributed by atoms with Gasteiger partial charge in [0.15, 0.2) is 0 Å². The standard InChI is InChI=1S/C18H16FN3O4S/c1-10-14-17(27-15(10)16(24)20-7-13(23)26-2)21-9-22(18(14)25)8-11-4-3-5-12(19)6-11/h3-6,9H,7-8H2,1-2H3,(H,20,24). The van der Waals surface area contributed by atoms with Crippen molar-refractivity contribution in [2.45, 2.75) is 13.5 Å². The van der Waals surface area contributed by atoms with E-state index in [-0.39, 0.29) is 24.5 Å². The summed E-state index contributed by atoms with van der Waals surface area (Å²) in [6.45, 7) is 1.56. The first kappa shape index (κ1) is 18.7. The molecule has 0 spiro atoms. The van der Waals surface area contributed by atoms with E-state index in [2.05, 4.69) is 15.0 Å². The lowest BCUT2D eigenvalue weighted by Crippen LogP contribution is -2.30. The summed E-state index contributed by atoms with van der Waals surface area (Å²) in [5.41, 5.74) is 0.802. The van der Waals surface area contributed by atoms with Gasteiger partial charge in [-0.1, -0.05) is 12.1 Å². The van der Waals surface area contributed by atoms with Gasteiger partial charge in [-0.05, 0) is 30.2 Å². The zero-order chi connectivity index (χ0) is 19.6. The van der Waals surface area contributed by atoms with Crippen molar-refractivity contribution in [3.63, 3.8) is 0 Å². The highest BCUT2D eigenvalue weighted by molar-refractivity contribution is 7.20. The van der Waals surface area contributed by atoms with Crippen molar-refractivity contribution in [3.05, 3.63) is 62.8 Å². The normalized spacial score (nSPS) is 10.8. The monoisotopic (exact) mass is 389 g/mol. The van der Waals surface area contributed by atoms with Crippen LogP contribution >= 0.6 is 11.3 Å². The lowest BCUT2D eigenvalue weighted by molar-refractivity contribution is -0.139. The number of aryl methyl sites for hydroxylation is 1. The zero-order valence-corrected chi connectivity index (χ0v) is 15.4. The molecule has 0 saturated heterocycles. The van der Waals surface area contributed by atoms with Gasteiger partial charge in [0.05, 0.1) is 30.2 Å². The molecular weight excluding hydrogens is 373 g/mol. The fourth-order valence-corrected chi connectivity index (χ4v) is 3.68. The molecule has 1 amide bonds. The Balaban J connectivity index is 1.94. The number of benzene rings is 1. The van der Waals surface area contributed by atoms with E-state index in [1.54, 1.807) is 19.1 Å². The fraction of sp³-hybridized carbons (Fsp3) is 0.222. The largest absolute Gasteiger partial charge is 0.468 e. The highest BCUT2D eigenvalue weighted by Gasteiger charge is 2.20. The smallest absolute Gasteiger partial charge is 0.325 e. The Bertz CT molecular complexity index is 1090. The summed E-state index contributed by atoms with van der Waals surface area (Å²) in [4.78, 5) is 41.3. The van der Waals surface area contributed by atoms with Gasteiger partial charge in [0.25, 0.3) is 11.5 Å². The number of carbonyl (C=O) groups is 2. The second-order valence-electron chi connectivity index (χ2n) is 5.80. The molecular formula is C18H16FN3O4S. The molecule has 0 radical (unpaired) electrons. The maximum Gasteiger partial charge on any atom is 0.325 e. The summed E-state index contributed by atoms with van der Waals surface area (Å²) in [6.07, 6.45) is 1.38. The number of hydrogen-bond acceptors (Lipinski definition) is 6. The van der Waals surface area contributed by atoms with E-state index < -0.39 is 11.9 Å². The number of hydrogen-bond donors (Lipinski definition) is 1. The van der Waals surface area contributed by atoms with E-state index in [1.807, 2.05) is 0 Å². The predicted molar refractivity (Wildman–Crippen MR) is 98.5 cm³/mol. The number of rotatable bonds is 5. The molecule has 0 aliphatic carbocycles. The van der Waals surface area contributed by atoms with Crippen molar-refractivity contribution in [2.24, 2.45) is 0 Å². The van der Waals surface area contributed by atoms with Gasteiger partial charge < -0.3 is 10.1 Å². The first-order valence-corrected chi connectivity index (χ1v) is 8.80. The average molecular weight is 389 g/mol. The average Bonchev–Trinajstić information content (AvgIpc) is 2.99. The van der Waals surface area contributed by atoms with Gasteiger partial charge in [-0.15, -0.1) is 11.3 Å². The molecule has 0 unspecified atom stereocenters. The summed E-state index contributed by atoms with van der Waals surface area (Å²) in [7, 11) is 1.23. The lowest BCUT2D eigenvalue weighted by atomic mass is 10.2. The number of nitrogens with zero attached hydrogens (tertiary/aromatic N) is 2. The number of esters is 1. The molecule has 140 valence electrons. The number of ether oxygens (including phenoxy) is 1. The molecule has 2 aromatic heterocycles. The van der Waals surface area contributed by atoms with Crippen molar-refractivity contribution >= 4 is 33.4 Å². The number of aromatic nitrogens is 2. The molecule has 27 heavy (non-hydrogen) atoms. The van der Waals surface area contributed by atoms with Crippen LogP contribution in [-0.2, 0) is 16.1 Å². The Morgan fingerprint density at radius 3 is 2.85 bits per heavy atom. The SMILES string of the molecule is COC(=O)CNC(=O)c1sc2ncn(Cc3cccc(F)c3)c(=O)c2c1C. The molecule has 0 saturated carbocycles. The molecule has 0 bridgehead atoms. The molecule has 0 fully saturated rings. The van der Waals surface area contributed by atoms with Gasteiger partial charge in [-0.2, -0.15) is 0 Å². The van der Waals surface area contributed by atoms with Crippen molar-refractivity contribution in [2.75, 3.05) is 13.7 Å². The lowest BCUT2D eigenvalue weighted by Gasteiger charge is -2.06. The molecule has 7 nitrogen and oxygen atoms in total. The molecule has 3 aromatic rings. The van der Waals surface area contributed by atoms with Crippen LogP contribution in [0.1, 0.15) is 20.8 Å². The minimum Gasteiger partial charge on any atom is -0.468 e. The van der Waals surface area contributed by atoms with Crippen LogP contribution in [0.15, 0.2) is 35.4 Å². The fourth-order valence-electron chi connectivity index (χ4n) is 2.63. The maximum absolute atomic E-state index is 13.4. The molecule has 2 heterocycles. The number of thiophene rings is 1. The second-order valence-corrected chi connectivity index (χ2v) is 6.80. The van der Waals surface area contributed by atoms with E-state index in [1.165, 1.54) is 30.1 Å². The summed E-state index contributed by atoms with van der Waals surface area (Å²) in [5, 5.41) is 2.79. The molecule has 0 aliphatic heterocycles. The third-order valence-corrected chi connectivity index (χ3v) is 5.19. The maximum atomic E-state index is 13.4. The Morgan fingerprint density at radius 1 is 1.37 bits per heavy atom. The van der Waals surface area contributed by atoms with Crippen LogP contribution in [0.5, 0.6) is 0 Å². The van der Waals surface area contributed by atoms with Gasteiger partial charge in [-0.25, -0.2) is 9.37 Å². The molecule has 1 aromatic carbocycles. The number of methoxy groups -OCH3 is 1. The highest BCUT2D eigenvalue weighted by Crippen LogP contribution is 2.26. The van der Waals surface area contributed by atoms with Gasteiger partial charge in [0, 0.05) is 0 Å². The van der Waals surface area contributed by atoms with Crippen LogP contribution in [0.2, 0.25) is 0 Å². The zero-order valence-electron chi connectivity index (χ0n) is 14.6. The summed E-state index contributed by atoms with van der Waals surface area (Å²) in [5.74, 6) is -1.43. The third kappa shape index (κ3) is 3.87. The Labute approximate surface area is 157 Å². The number of halogens is 1. The number of fused-ring (bicyclic) bond motifs is 1. The summed E-state index contributed by atoms with van der Waals surface area (Å²) < 4.78 is 19.2. The minimum atomic E-state index is -0.572. The van der Waals surface area contributed by atoms with Crippen LogP contribution in [0.4, 0.5) is 4.39 Å². The molecule has 1 N–H and O–H groups in total. The summed E-state index contributed by atoms with van der Waals surface area (Å²) >= 11 is 1.07. The summed E-state index contributed by atoms with van der Waals surface area (Å²) in [6, 6.07) is 5.96. The van der Waals surface area contributed by atoms with Gasteiger partial charge in [0.1, 0.15) is 17.2 Å². The first-order valence-electron chi connectivity index (χ1n) is 7.98. The third-order valence-electron chi connectivity index (χ3n) is 3.99. The van der Waals surface area contributed by atoms with Crippen LogP contribution in [0, 0.1) is 12.7 Å². The molecule has 0 aliphatic rings. The predicted octanol–water partition coefficient (Wildman–Crippen LogP) is 1.86. The van der Waals surface area contributed by atoms with Crippen LogP contribution in [0.25, 0.3) is 10.2 Å². The number of nitrogens with one attached hydrogen (secondary N) is 1. The van der Waals surface area contributed by atoms with E-state index >= 15 is 0 Å². The minimum absolute atomic E-state index is 0.165. The van der Waals surface area contributed by atoms with Gasteiger partial charge in [-0.3, -0.25) is 19.0 Å². The molecule has 9 heteroatoms. The van der Waals surface area contributed by atoms with E-state index in [9.17, 15) is 18.8 Å². The highest BCUT2D eigenvalue weighted by atomic mass is 32.1. The topological polar surface area (TPSA) is 90.3 Å². The molecule has 0 atom stereocenters. The van der Waals surface area contributed by atoms with Crippen molar-refractivity contribution < 1.29 is 18.7 Å². The van der Waals surface area contributed by atoms with Crippen molar-refractivity contribution in [1.82, 2.24) is 14.9 Å². The van der Waals surface area contributed by atoms with E-state index in [0.29, 0.717) is 26.2 Å².